The molecule has 162 valence electrons. The van der Waals surface area contributed by atoms with Gasteiger partial charge in [0.05, 0.1) is 22.9 Å². The van der Waals surface area contributed by atoms with Crippen molar-refractivity contribution >= 4 is 9.84 Å². The number of sulfone groups is 1. The highest BCUT2D eigenvalue weighted by Gasteiger charge is 2.32. The van der Waals surface area contributed by atoms with E-state index in [9.17, 15) is 8.42 Å². The van der Waals surface area contributed by atoms with Crippen LogP contribution < -0.4 is 0 Å². The van der Waals surface area contributed by atoms with Gasteiger partial charge in [-0.2, -0.15) is 5.10 Å². The van der Waals surface area contributed by atoms with E-state index in [1.807, 2.05) is 29.0 Å². The van der Waals surface area contributed by atoms with Gasteiger partial charge in [0.25, 0.3) is 0 Å². The lowest BCUT2D eigenvalue weighted by atomic mass is 10.1. The summed E-state index contributed by atoms with van der Waals surface area (Å²) >= 11 is 0. The van der Waals surface area contributed by atoms with Gasteiger partial charge in [-0.05, 0) is 37.5 Å². The SMILES string of the molecule is C=CCN(Cc1cn(-c2cc(C)ccc2C)nc1-c1ccccc1)[C@H]1CCS(=O)(=O)C1. The first-order valence-corrected chi connectivity index (χ1v) is 12.5. The van der Waals surface area contributed by atoms with Gasteiger partial charge in [0.15, 0.2) is 9.84 Å². The second kappa shape index (κ2) is 8.81. The minimum atomic E-state index is -2.96. The minimum Gasteiger partial charge on any atom is -0.291 e. The maximum atomic E-state index is 12.1. The van der Waals surface area contributed by atoms with E-state index in [1.165, 1.54) is 5.56 Å². The van der Waals surface area contributed by atoms with E-state index in [0.29, 0.717) is 19.5 Å². The highest BCUT2D eigenvalue weighted by atomic mass is 32.2. The number of hydrogen-bond acceptors (Lipinski definition) is 4. The number of aryl methyl sites for hydroxylation is 2. The lowest BCUT2D eigenvalue weighted by Gasteiger charge is -2.26. The monoisotopic (exact) mass is 435 g/mol. The Kier molecular flexibility index (Phi) is 6.12. The molecule has 1 aliphatic rings. The summed E-state index contributed by atoms with van der Waals surface area (Å²) in [5.41, 5.74) is 6.46. The Morgan fingerprint density at radius 1 is 1.19 bits per heavy atom. The Morgan fingerprint density at radius 2 is 1.97 bits per heavy atom. The molecule has 6 heteroatoms. The summed E-state index contributed by atoms with van der Waals surface area (Å²) in [5, 5.41) is 4.97. The third-order valence-electron chi connectivity index (χ3n) is 5.91. The van der Waals surface area contributed by atoms with Gasteiger partial charge in [-0.1, -0.05) is 48.5 Å². The summed E-state index contributed by atoms with van der Waals surface area (Å²) in [5.74, 6) is 0.477. The van der Waals surface area contributed by atoms with Gasteiger partial charge in [-0.25, -0.2) is 13.1 Å². The van der Waals surface area contributed by atoms with Crippen LogP contribution in [0.25, 0.3) is 16.9 Å². The second-order valence-corrected chi connectivity index (χ2v) is 10.6. The average molecular weight is 436 g/mol. The maximum absolute atomic E-state index is 12.1. The summed E-state index contributed by atoms with van der Waals surface area (Å²) in [6, 6.07) is 16.5. The van der Waals surface area contributed by atoms with Crippen molar-refractivity contribution in [2.75, 3.05) is 18.1 Å². The average Bonchev–Trinajstić information content (AvgIpc) is 3.33. The Labute approximate surface area is 184 Å². The predicted molar refractivity (Wildman–Crippen MR) is 126 cm³/mol. The Bertz CT molecular complexity index is 1180. The van der Waals surface area contributed by atoms with Crippen LogP contribution in [0.2, 0.25) is 0 Å². The van der Waals surface area contributed by atoms with Crippen LogP contribution in [0.5, 0.6) is 0 Å². The molecule has 1 aromatic heterocycles. The fourth-order valence-corrected chi connectivity index (χ4v) is 6.01. The van der Waals surface area contributed by atoms with Crippen molar-refractivity contribution in [3.63, 3.8) is 0 Å². The van der Waals surface area contributed by atoms with Gasteiger partial charge in [-0.15, -0.1) is 6.58 Å². The molecule has 0 aliphatic carbocycles. The van der Waals surface area contributed by atoms with Gasteiger partial charge in [0.2, 0.25) is 0 Å². The molecule has 1 aliphatic heterocycles. The zero-order valence-electron chi connectivity index (χ0n) is 18.2. The van der Waals surface area contributed by atoms with Crippen LogP contribution in [0.1, 0.15) is 23.1 Å². The first-order chi connectivity index (χ1) is 14.9. The van der Waals surface area contributed by atoms with Gasteiger partial charge in [0, 0.05) is 36.5 Å². The van der Waals surface area contributed by atoms with E-state index in [0.717, 1.165) is 28.1 Å². The molecule has 3 aromatic rings. The van der Waals surface area contributed by atoms with E-state index in [-0.39, 0.29) is 17.5 Å². The van der Waals surface area contributed by atoms with Crippen LogP contribution in [0.4, 0.5) is 0 Å². The van der Waals surface area contributed by atoms with Crippen molar-refractivity contribution < 1.29 is 8.42 Å². The van der Waals surface area contributed by atoms with Crippen molar-refractivity contribution in [2.24, 2.45) is 0 Å². The molecule has 1 saturated heterocycles. The molecule has 1 fully saturated rings. The zero-order valence-corrected chi connectivity index (χ0v) is 19.0. The molecule has 31 heavy (non-hydrogen) atoms. The predicted octanol–water partition coefficient (Wildman–Crippen LogP) is 4.33. The Morgan fingerprint density at radius 3 is 2.65 bits per heavy atom. The van der Waals surface area contributed by atoms with Crippen molar-refractivity contribution in [3.05, 3.63) is 84.1 Å². The summed E-state index contributed by atoms with van der Waals surface area (Å²) in [4.78, 5) is 2.22. The molecule has 0 saturated carbocycles. The summed E-state index contributed by atoms with van der Waals surface area (Å²) in [7, 11) is -2.96. The molecule has 0 spiro atoms. The molecular formula is C25H29N3O2S. The van der Waals surface area contributed by atoms with Gasteiger partial charge < -0.3 is 0 Å². The molecular weight excluding hydrogens is 406 g/mol. The van der Waals surface area contributed by atoms with Crippen LogP contribution in [-0.4, -0.2) is 47.2 Å². The minimum absolute atomic E-state index is 0.00989. The molecule has 5 nitrogen and oxygen atoms in total. The normalized spacial score (nSPS) is 17.8. The molecule has 4 rings (SSSR count). The topological polar surface area (TPSA) is 55.2 Å². The van der Waals surface area contributed by atoms with E-state index in [2.05, 4.69) is 61.9 Å². The molecule has 0 radical (unpaired) electrons. The summed E-state index contributed by atoms with van der Waals surface area (Å²) in [6.07, 6.45) is 4.61. The highest BCUT2D eigenvalue weighted by molar-refractivity contribution is 7.91. The van der Waals surface area contributed by atoms with Crippen LogP contribution in [-0.2, 0) is 16.4 Å². The molecule has 0 unspecified atom stereocenters. The fourth-order valence-electron chi connectivity index (χ4n) is 4.24. The third-order valence-corrected chi connectivity index (χ3v) is 7.66. The molecule has 2 aromatic carbocycles. The van der Waals surface area contributed by atoms with E-state index >= 15 is 0 Å². The fraction of sp³-hybridized carbons (Fsp3) is 0.320. The van der Waals surface area contributed by atoms with Crippen molar-refractivity contribution in [2.45, 2.75) is 32.9 Å². The van der Waals surface area contributed by atoms with Crippen LogP contribution in [0, 0.1) is 13.8 Å². The number of nitrogens with zero attached hydrogens (tertiary/aromatic N) is 3. The Balaban J connectivity index is 1.75. The number of aromatic nitrogens is 2. The van der Waals surface area contributed by atoms with Gasteiger partial charge in [0.1, 0.15) is 0 Å². The smallest absolute Gasteiger partial charge is 0.151 e. The van der Waals surface area contributed by atoms with Gasteiger partial charge >= 0.3 is 0 Å². The molecule has 1 atom stereocenters. The lowest BCUT2D eigenvalue weighted by molar-refractivity contribution is 0.227. The van der Waals surface area contributed by atoms with E-state index in [1.54, 1.807) is 0 Å². The first-order valence-electron chi connectivity index (χ1n) is 10.6. The zero-order chi connectivity index (χ0) is 22.0. The number of rotatable bonds is 7. The van der Waals surface area contributed by atoms with Gasteiger partial charge in [-0.3, -0.25) is 4.90 Å². The van der Waals surface area contributed by atoms with E-state index < -0.39 is 9.84 Å². The van der Waals surface area contributed by atoms with Crippen LogP contribution in [0.3, 0.4) is 0 Å². The highest BCUT2D eigenvalue weighted by Crippen LogP contribution is 2.28. The molecule has 0 N–H and O–H groups in total. The third kappa shape index (κ3) is 4.81. The lowest BCUT2D eigenvalue weighted by Crippen LogP contribution is -2.35. The Hall–Kier alpha value is -2.70. The summed E-state index contributed by atoms with van der Waals surface area (Å²) in [6.45, 7) is 9.33. The second-order valence-electron chi connectivity index (χ2n) is 8.38. The largest absolute Gasteiger partial charge is 0.291 e. The molecule has 2 heterocycles. The number of hydrogen-bond donors (Lipinski definition) is 0. The standard InChI is InChI=1S/C25H29N3O2S/c1-4-13-27(23-12-14-31(29,30)18-23)16-22-17-28(24-15-19(2)10-11-20(24)3)26-25(22)21-8-6-5-7-9-21/h4-11,15,17,23H,1,12-14,16,18H2,2-3H3/t23-/m0/s1. The van der Waals surface area contributed by atoms with Crippen molar-refractivity contribution in [1.82, 2.24) is 14.7 Å². The first kappa shape index (κ1) is 21.5. The van der Waals surface area contributed by atoms with Crippen LogP contribution >= 0.6 is 0 Å². The van der Waals surface area contributed by atoms with Crippen molar-refractivity contribution in [1.29, 1.82) is 0 Å². The quantitative estimate of drug-likeness (QED) is 0.518. The molecule has 0 amide bonds. The maximum Gasteiger partial charge on any atom is 0.151 e. The summed E-state index contributed by atoms with van der Waals surface area (Å²) < 4.78 is 26.1. The molecule has 0 bridgehead atoms. The van der Waals surface area contributed by atoms with Crippen LogP contribution in [0.15, 0.2) is 67.4 Å². The number of benzene rings is 2. The van der Waals surface area contributed by atoms with Crippen molar-refractivity contribution in [3.8, 4) is 16.9 Å². The van der Waals surface area contributed by atoms with E-state index in [4.69, 9.17) is 5.10 Å².